The van der Waals surface area contributed by atoms with Crippen molar-refractivity contribution in [1.82, 2.24) is 5.32 Å². The standard InChI is InChI=1S/C16H25FN2S/c1-4-18-12-13-14(17)6-5-7-15(13)19-9-8-16(2,3)20-11-10-19/h5-7,18H,4,8-12H2,1-3H3. The van der Waals surface area contributed by atoms with E-state index in [1.807, 2.05) is 24.8 Å². The number of anilines is 1. The van der Waals surface area contributed by atoms with E-state index < -0.39 is 0 Å². The predicted octanol–water partition coefficient (Wildman–Crippen LogP) is 3.66. The molecule has 1 aliphatic heterocycles. The quantitative estimate of drug-likeness (QED) is 0.913. The molecule has 1 heterocycles. The van der Waals surface area contributed by atoms with Crippen molar-refractivity contribution < 1.29 is 4.39 Å². The summed E-state index contributed by atoms with van der Waals surface area (Å²) in [7, 11) is 0. The van der Waals surface area contributed by atoms with Gasteiger partial charge in [0.1, 0.15) is 5.82 Å². The van der Waals surface area contributed by atoms with Gasteiger partial charge in [-0.2, -0.15) is 11.8 Å². The summed E-state index contributed by atoms with van der Waals surface area (Å²) in [4.78, 5) is 2.34. The van der Waals surface area contributed by atoms with E-state index in [1.165, 1.54) is 0 Å². The molecule has 1 aromatic rings. The topological polar surface area (TPSA) is 15.3 Å². The minimum Gasteiger partial charge on any atom is -0.370 e. The fourth-order valence-corrected chi connectivity index (χ4v) is 3.63. The summed E-state index contributed by atoms with van der Waals surface area (Å²) in [5, 5.41) is 3.24. The lowest BCUT2D eigenvalue weighted by Gasteiger charge is -2.26. The first kappa shape index (κ1) is 15.6. The third kappa shape index (κ3) is 3.89. The molecule has 112 valence electrons. The molecule has 0 bridgehead atoms. The molecule has 2 rings (SSSR count). The molecule has 0 saturated carbocycles. The maximum Gasteiger partial charge on any atom is 0.129 e. The summed E-state index contributed by atoms with van der Waals surface area (Å²) in [6.07, 6.45) is 1.13. The van der Waals surface area contributed by atoms with Crippen LogP contribution in [0.3, 0.4) is 0 Å². The van der Waals surface area contributed by atoms with Gasteiger partial charge in [0, 0.05) is 41.4 Å². The van der Waals surface area contributed by atoms with Crippen LogP contribution in [-0.2, 0) is 6.54 Å². The third-order valence-electron chi connectivity index (χ3n) is 3.82. The first-order chi connectivity index (χ1) is 9.53. The summed E-state index contributed by atoms with van der Waals surface area (Å²) >= 11 is 2.02. The molecule has 0 atom stereocenters. The third-order valence-corrected chi connectivity index (χ3v) is 5.20. The molecule has 0 radical (unpaired) electrons. The summed E-state index contributed by atoms with van der Waals surface area (Å²) in [5.74, 6) is 1.00. The second-order valence-electron chi connectivity index (χ2n) is 5.86. The molecule has 20 heavy (non-hydrogen) atoms. The molecule has 2 nitrogen and oxygen atoms in total. The summed E-state index contributed by atoms with van der Waals surface area (Å²) < 4.78 is 14.4. The van der Waals surface area contributed by atoms with Gasteiger partial charge in [-0.15, -0.1) is 0 Å². The molecule has 1 N–H and O–H groups in total. The number of hydrogen-bond acceptors (Lipinski definition) is 3. The van der Waals surface area contributed by atoms with Gasteiger partial charge in [0.05, 0.1) is 0 Å². The van der Waals surface area contributed by atoms with Crippen LogP contribution in [-0.4, -0.2) is 30.1 Å². The molecule has 0 aromatic heterocycles. The molecule has 0 aliphatic carbocycles. The summed E-state index contributed by atoms with van der Waals surface area (Å²) in [6, 6.07) is 5.44. The largest absolute Gasteiger partial charge is 0.370 e. The van der Waals surface area contributed by atoms with E-state index in [0.717, 1.165) is 43.1 Å². The monoisotopic (exact) mass is 296 g/mol. The van der Waals surface area contributed by atoms with Crippen LogP contribution in [0, 0.1) is 5.82 Å². The van der Waals surface area contributed by atoms with E-state index in [1.54, 1.807) is 6.07 Å². The van der Waals surface area contributed by atoms with Crippen LogP contribution in [0.15, 0.2) is 18.2 Å². The first-order valence-corrected chi connectivity index (χ1v) is 8.39. The van der Waals surface area contributed by atoms with E-state index in [2.05, 4.69) is 30.1 Å². The number of rotatable bonds is 4. The van der Waals surface area contributed by atoms with E-state index >= 15 is 0 Å². The number of nitrogens with one attached hydrogen (secondary N) is 1. The lowest BCUT2D eigenvalue weighted by Crippen LogP contribution is -2.29. The molecule has 1 saturated heterocycles. The fraction of sp³-hybridized carbons (Fsp3) is 0.625. The van der Waals surface area contributed by atoms with Gasteiger partial charge in [-0.1, -0.05) is 26.8 Å². The maximum absolute atomic E-state index is 14.1. The van der Waals surface area contributed by atoms with Gasteiger partial charge in [-0.25, -0.2) is 4.39 Å². The smallest absolute Gasteiger partial charge is 0.129 e. The van der Waals surface area contributed by atoms with Gasteiger partial charge in [-0.3, -0.25) is 0 Å². The number of benzene rings is 1. The summed E-state index contributed by atoms with van der Waals surface area (Å²) in [5.41, 5.74) is 1.86. The first-order valence-electron chi connectivity index (χ1n) is 7.40. The summed E-state index contributed by atoms with van der Waals surface area (Å²) in [6.45, 7) is 10.1. The van der Waals surface area contributed by atoms with E-state index in [4.69, 9.17) is 0 Å². The normalized spacial score (nSPS) is 18.9. The molecule has 1 aliphatic rings. The zero-order valence-electron chi connectivity index (χ0n) is 12.7. The average molecular weight is 296 g/mol. The molecule has 4 heteroatoms. The predicted molar refractivity (Wildman–Crippen MR) is 87.1 cm³/mol. The second-order valence-corrected chi connectivity index (χ2v) is 7.67. The van der Waals surface area contributed by atoms with E-state index in [-0.39, 0.29) is 5.82 Å². The van der Waals surface area contributed by atoms with Crippen LogP contribution >= 0.6 is 11.8 Å². The number of thioether (sulfide) groups is 1. The van der Waals surface area contributed by atoms with Crippen molar-refractivity contribution in [2.75, 3.05) is 30.3 Å². The molecule has 0 unspecified atom stereocenters. The Morgan fingerprint density at radius 2 is 2.15 bits per heavy atom. The molecular formula is C16H25FN2S. The van der Waals surface area contributed by atoms with Gasteiger partial charge in [0.15, 0.2) is 0 Å². The van der Waals surface area contributed by atoms with Gasteiger partial charge in [0.25, 0.3) is 0 Å². The van der Waals surface area contributed by atoms with Gasteiger partial charge >= 0.3 is 0 Å². The average Bonchev–Trinajstić information content (AvgIpc) is 2.58. The van der Waals surface area contributed by atoms with Crippen molar-refractivity contribution in [3.05, 3.63) is 29.6 Å². The van der Waals surface area contributed by atoms with Crippen LogP contribution in [0.25, 0.3) is 0 Å². The zero-order valence-corrected chi connectivity index (χ0v) is 13.5. The highest BCUT2D eigenvalue weighted by Crippen LogP contribution is 2.33. The van der Waals surface area contributed by atoms with Crippen molar-refractivity contribution in [3.8, 4) is 0 Å². The van der Waals surface area contributed by atoms with Gasteiger partial charge < -0.3 is 10.2 Å². The maximum atomic E-state index is 14.1. The fourth-order valence-electron chi connectivity index (χ4n) is 2.53. The minimum absolute atomic E-state index is 0.0976. The lowest BCUT2D eigenvalue weighted by molar-refractivity contribution is 0.588. The van der Waals surface area contributed by atoms with Crippen LogP contribution in [0.5, 0.6) is 0 Å². The second kappa shape index (κ2) is 6.81. The van der Waals surface area contributed by atoms with Crippen molar-refractivity contribution in [1.29, 1.82) is 0 Å². The Balaban J connectivity index is 2.21. The highest BCUT2D eigenvalue weighted by Gasteiger charge is 2.25. The van der Waals surface area contributed by atoms with E-state index in [9.17, 15) is 4.39 Å². The molecule has 0 amide bonds. The molecular weight excluding hydrogens is 271 g/mol. The number of halogens is 1. The Kier molecular flexibility index (Phi) is 5.33. The zero-order chi connectivity index (χ0) is 14.6. The molecule has 0 spiro atoms. The van der Waals surface area contributed by atoms with Gasteiger partial charge in [-0.05, 0) is 25.1 Å². The van der Waals surface area contributed by atoms with Gasteiger partial charge in [0.2, 0.25) is 0 Å². The van der Waals surface area contributed by atoms with Crippen molar-refractivity contribution in [2.24, 2.45) is 0 Å². The Labute approximate surface area is 126 Å². The Morgan fingerprint density at radius 3 is 2.90 bits per heavy atom. The van der Waals surface area contributed by atoms with Crippen LogP contribution in [0.4, 0.5) is 10.1 Å². The van der Waals surface area contributed by atoms with Crippen molar-refractivity contribution in [3.63, 3.8) is 0 Å². The van der Waals surface area contributed by atoms with Crippen LogP contribution < -0.4 is 10.2 Å². The Morgan fingerprint density at radius 1 is 1.35 bits per heavy atom. The Hall–Kier alpha value is -0.740. The number of nitrogens with zero attached hydrogens (tertiary/aromatic N) is 1. The molecule has 1 fully saturated rings. The SMILES string of the molecule is CCNCc1c(F)cccc1N1CCSC(C)(C)CC1. The van der Waals surface area contributed by atoms with E-state index in [0.29, 0.717) is 11.3 Å². The van der Waals surface area contributed by atoms with Crippen LogP contribution in [0.2, 0.25) is 0 Å². The lowest BCUT2D eigenvalue weighted by atomic mass is 10.1. The van der Waals surface area contributed by atoms with Crippen LogP contribution in [0.1, 0.15) is 32.8 Å². The highest BCUT2D eigenvalue weighted by molar-refractivity contribution is 8.00. The minimum atomic E-state index is -0.0976. The Bertz CT molecular complexity index is 448. The molecule has 1 aromatic carbocycles. The van der Waals surface area contributed by atoms with Crippen molar-refractivity contribution in [2.45, 2.75) is 38.5 Å². The highest BCUT2D eigenvalue weighted by atomic mass is 32.2. The number of hydrogen-bond donors (Lipinski definition) is 1. The van der Waals surface area contributed by atoms with Crippen molar-refractivity contribution >= 4 is 17.4 Å².